The standard InChI is InChI=1S/C15H21F2NO3/c1-2-3-8-20-9-4-7-18-15(19)11-21-14-6-5-12(16)10-13(14)17/h5-6,10H,2-4,7-9,11H2,1H3,(H,18,19). The molecule has 1 aromatic carbocycles. The molecule has 21 heavy (non-hydrogen) atoms. The molecule has 0 saturated carbocycles. The first-order valence-corrected chi connectivity index (χ1v) is 7.05. The Bertz CT molecular complexity index is 441. The van der Waals surface area contributed by atoms with Crippen molar-refractivity contribution in [3.8, 4) is 5.75 Å². The van der Waals surface area contributed by atoms with Crippen LogP contribution in [0.25, 0.3) is 0 Å². The molecule has 0 fully saturated rings. The van der Waals surface area contributed by atoms with Crippen molar-refractivity contribution in [2.45, 2.75) is 26.2 Å². The van der Waals surface area contributed by atoms with Gasteiger partial charge in [0.25, 0.3) is 5.91 Å². The summed E-state index contributed by atoms with van der Waals surface area (Å²) in [4.78, 5) is 11.5. The Balaban J connectivity index is 2.11. The van der Waals surface area contributed by atoms with E-state index in [1.165, 1.54) is 0 Å². The summed E-state index contributed by atoms with van der Waals surface area (Å²) in [5, 5.41) is 2.63. The van der Waals surface area contributed by atoms with Gasteiger partial charge in [-0.25, -0.2) is 8.78 Å². The summed E-state index contributed by atoms with van der Waals surface area (Å²) in [6.07, 6.45) is 2.83. The first-order chi connectivity index (χ1) is 10.1. The van der Waals surface area contributed by atoms with Crippen molar-refractivity contribution in [1.29, 1.82) is 0 Å². The highest BCUT2D eigenvalue weighted by Gasteiger charge is 2.07. The lowest BCUT2D eigenvalue weighted by Gasteiger charge is -2.08. The van der Waals surface area contributed by atoms with Crippen LogP contribution >= 0.6 is 0 Å². The van der Waals surface area contributed by atoms with E-state index >= 15 is 0 Å². The molecule has 0 aliphatic rings. The number of carbonyl (C=O) groups is 1. The molecule has 118 valence electrons. The average molecular weight is 301 g/mol. The zero-order valence-electron chi connectivity index (χ0n) is 12.2. The highest BCUT2D eigenvalue weighted by atomic mass is 19.1. The fraction of sp³-hybridized carbons (Fsp3) is 0.533. The van der Waals surface area contributed by atoms with Crippen molar-refractivity contribution in [3.05, 3.63) is 29.8 Å². The quantitative estimate of drug-likeness (QED) is 0.676. The molecule has 0 spiro atoms. The normalized spacial score (nSPS) is 10.4. The Labute approximate surface area is 123 Å². The Morgan fingerprint density at radius 2 is 2.00 bits per heavy atom. The highest BCUT2D eigenvalue weighted by Crippen LogP contribution is 2.17. The molecule has 0 bridgehead atoms. The van der Waals surface area contributed by atoms with Crippen LogP contribution in [0.5, 0.6) is 5.75 Å². The second-order valence-corrected chi connectivity index (χ2v) is 4.53. The Hall–Kier alpha value is -1.69. The molecule has 0 aliphatic heterocycles. The predicted octanol–water partition coefficient (Wildman–Crippen LogP) is 2.67. The largest absolute Gasteiger partial charge is 0.481 e. The van der Waals surface area contributed by atoms with Gasteiger partial charge in [0.1, 0.15) is 5.82 Å². The zero-order valence-corrected chi connectivity index (χ0v) is 12.2. The lowest BCUT2D eigenvalue weighted by atomic mass is 10.3. The fourth-order valence-electron chi connectivity index (χ4n) is 1.54. The summed E-state index contributed by atoms with van der Waals surface area (Å²) in [6.45, 7) is 3.58. The van der Waals surface area contributed by atoms with Crippen LogP contribution in [0.15, 0.2) is 18.2 Å². The third kappa shape index (κ3) is 7.60. The van der Waals surface area contributed by atoms with Gasteiger partial charge in [0, 0.05) is 25.8 Å². The Kier molecular flexibility index (Phi) is 8.35. The van der Waals surface area contributed by atoms with Crippen molar-refractivity contribution in [1.82, 2.24) is 5.32 Å². The van der Waals surface area contributed by atoms with Crippen molar-refractivity contribution in [2.75, 3.05) is 26.4 Å². The van der Waals surface area contributed by atoms with Gasteiger partial charge in [-0.15, -0.1) is 0 Å². The second-order valence-electron chi connectivity index (χ2n) is 4.53. The topological polar surface area (TPSA) is 47.6 Å². The number of amides is 1. The predicted molar refractivity (Wildman–Crippen MR) is 75.2 cm³/mol. The van der Waals surface area contributed by atoms with E-state index in [1.807, 2.05) is 0 Å². The van der Waals surface area contributed by atoms with Gasteiger partial charge in [-0.3, -0.25) is 4.79 Å². The van der Waals surface area contributed by atoms with Crippen LogP contribution in [0, 0.1) is 11.6 Å². The number of hydrogen-bond acceptors (Lipinski definition) is 3. The molecule has 1 N–H and O–H groups in total. The first kappa shape index (κ1) is 17.4. The van der Waals surface area contributed by atoms with E-state index < -0.39 is 11.6 Å². The summed E-state index contributed by atoms with van der Waals surface area (Å²) in [5.41, 5.74) is 0. The van der Waals surface area contributed by atoms with E-state index in [-0.39, 0.29) is 18.3 Å². The molecule has 0 radical (unpaired) electrons. The molecule has 6 heteroatoms. The maximum Gasteiger partial charge on any atom is 0.257 e. The van der Waals surface area contributed by atoms with Gasteiger partial charge < -0.3 is 14.8 Å². The fourth-order valence-corrected chi connectivity index (χ4v) is 1.54. The van der Waals surface area contributed by atoms with Crippen molar-refractivity contribution in [2.24, 2.45) is 0 Å². The average Bonchev–Trinajstić information content (AvgIpc) is 2.45. The van der Waals surface area contributed by atoms with E-state index in [1.54, 1.807) is 0 Å². The monoisotopic (exact) mass is 301 g/mol. The minimum atomic E-state index is -0.827. The number of halogens is 2. The van der Waals surface area contributed by atoms with Crippen LogP contribution in [0.2, 0.25) is 0 Å². The molecular formula is C15H21F2NO3. The van der Waals surface area contributed by atoms with Crippen LogP contribution in [0.1, 0.15) is 26.2 Å². The lowest BCUT2D eigenvalue weighted by molar-refractivity contribution is -0.123. The van der Waals surface area contributed by atoms with Crippen LogP contribution < -0.4 is 10.1 Å². The number of carbonyl (C=O) groups excluding carboxylic acids is 1. The molecule has 0 saturated heterocycles. The summed E-state index contributed by atoms with van der Waals surface area (Å²) in [7, 11) is 0. The smallest absolute Gasteiger partial charge is 0.257 e. The summed E-state index contributed by atoms with van der Waals surface area (Å²) < 4.78 is 36.2. The van der Waals surface area contributed by atoms with Crippen LogP contribution in [0.3, 0.4) is 0 Å². The molecular weight excluding hydrogens is 280 g/mol. The molecule has 0 heterocycles. The van der Waals surface area contributed by atoms with Gasteiger partial charge in [0.2, 0.25) is 0 Å². The van der Waals surface area contributed by atoms with Gasteiger partial charge in [-0.1, -0.05) is 13.3 Å². The molecule has 0 aromatic heterocycles. The van der Waals surface area contributed by atoms with E-state index in [0.29, 0.717) is 25.6 Å². The van der Waals surface area contributed by atoms with Gasteiger partial charge >= 0.3 is 0 Å². The number of ether oxygens (including phenoxy) is 2. The number of nitrogens with one attached hydrogen (secondary N) is 1. The summed E-state index contributed by atoms with van der Waals surface area (Å²) >= 11 is 0. The maximum atomic E-state index is 13.2. The van der Waals surface area contributed by atoms with E-state index in [0.717, 1.165) is 31.6 Å². The lowest BCUT2D eigenvalue weighted by Crippen LogP contribution is -2.30. The number of rotatable bonds is 10. The molecule has 4 nitrogen and oxygen atoms in total. The summed E-state index contributed by atoms with van der Waals surface area (Å²) in [5.74, 6) is -2.01. The van der Waals surface area contributed by atoms with E-state index in [9.17, 15) is 13.6 Å². The van der Waals surface area contributed by atoms with E-state index in [4.69, 9.17) is 9.47 Å². The minimum Gasteiger partial charge on any atom is -0.481 e. The number of benzene rings is 1. The molecule has 1 rings (SSSR count). The zero-order chi connectivity index (χ0) is 15.5. The molecule has 0 atom stereocenters. The van der Waals surface area contributed by atoms with Crippen LogP contribution in [-0.2, 0) is 9.53 Å². The minimum absolute atomic E-state index is 0.144. The molecule has 1 aromatic rings. The third-order valence-electron chi connectivity index (χ3n) is 2.68. The van der Waals surface area contributed by atoms with Crippen LogP contribution in [0.4, 0.5) is 8.78 Å². The molecule has 0 unspecified atom stereocenters. The van der Waals surface area contributed by atoms with Gasteiger partial charge in [-0.05, 0) is 25.0 Å². The maximum absolute atomic E-state index is 13.2. The van der Waals surface area contributed by atoms with Gasteiger partial charge in [0.15, 0.2) is 18.2 Å². The Morgan fingerprint density at radius 1 is 1.24 bits per heavy atom. The summed E-state index contributed by atoms with van der Waals surface area (Å²) in [6, 6.07) is 2.93. The van der Waals surface area contributed by atoms with Crippen molar-refractivity contribution in [3.63, 3.8) is 0 Å². The van der Waals surface area contributed by atoms with Gasteiger partial charge in [0.05, 0.1) is 0 Å². The number of unbranched alkanes of at least 4 members (excludes halogenated alkanes) is 1. The Morgan fingerprint density at radius 3 is 2.71 bits per heavy atom. The first-order valence-electron chi connectivity index (χ1n) is 7.05. The highest BCUT2D eigenvalue weighted by molar-refractivity contribution is 5.77. The van der Waals surface area contributed by atoms with Crippen molar-refractivity contribution < 1.29 is 23.0 Å². The SMILES string of the molecule is CCCCOCCCNC(=O)COc1ccc(F)cc1F. The molecule has 1 amide bonds. The van der Waals surface area contributed by atoms with Crippen molar-refractivity contribution >= 4 is 5.91 Å². The van der Waals surface area contributed by atoms with Gasteiger partial charge in [-0.2, -0.15) is 0 Å². The van der Waals surface area contributed by atoms with Crippen LogP contribution in [-0.4, -0.2) is 32.3 Å². The number of hydrogen-bond donors (Lipinski definition) is 1. The third-order valence-corrected chi connectivity index (χ3v) is 2.68. The van der Waals surface area contributed by atoms with E-state index in [2.05, 4.69) is 12.2 Å². The molecule has 0 aliphatic carbocycles. The second kappa shape index (κ2) is 10.1.